The minimum absolute atomic E-state index is 0.624. The van der Waals surface area contributed by atoms with Gasteiger partial charge in [-0.2, -0.15) is 0 Å². The van der Waals surface area contributed by atoms with E-state index in [1.807, 2.05) is 67.7 Å². The minimum atomic E-state index is 0.624. The lowest BCUT2D eigenvalue weighted by Crippen LogP contribution is -2.30. The van der Waals surface area contributed by atoms with Gasteiger partial charge >= 0.3 is 5.95 Å². The van der Waals surface area contributed by atoms with Gasteiger partial charge in [-0.05, 0) is 103 Å². The first-order valence-electron chi connectivity index (χ1n) is 16.1. The van der Waals surface area contributed by atoms with Crippen molar-refractivity contribution >= 4 is 34.7 Å². The third-order valence-corrected chi connectivity index (χ3v) is 7.41. The van der Waals surface area contributed by atoms with Gasteiger partial charge in [-0.15, -0.1) is 10.2 Å². The molecule has 0 amide bonds. The summed E-state index contributed by atoms with van der Waals surface area (Å²) in [6, 6.07) is 16.7. The highest BCUT2D eigenvalue weighted by atomic mass is 15.3. The molecule has 236 valence electrons. The highest BCUT2D eigenvalue weighted by Crippen LogP contribution is 2.23. The van der Waals surface area contributed by atoms with Gasteiger partial charge in [0.05, 0.1) is 31.2 Å². The van der Waals surface area contributed by atoms with Gasteiger partial charge in [0.15, 0.2) is 0 Å². The summed E-state index contributed by atoms with van der Waals surface area (Å²) >= 11 is 0. The summed E-state index contributed by atoms with van der Waals surface area (Å²) in [5.74, 6) is 1.49. The van der Waals surface area contributed by atoms with Gasteiger partial charge in [0.2, 0.25) is 5.96 Å². The van der Waals surface area contributed by atoms with Crippen molar-refractivity contribution in [1.29, 1.82) is 0 Å². The largest absolute Gasteiger partial charge is 0.421 e. The Morgan fingerprint density at radius 2 is 1.36 bits per heavy atom. The number of azo groups is 2. The molecule has 10 heteroatoms. The molecule has 0 N–H and O–H groups in total. The van der Waals surface area contributed by atoms with E-state index in [4.69, 9.17) is 0 Å². The van der Waals surface area contributed by atoms with Crippen LogP contribution in [-0.2, 0) is 13.1 Å². The highest BCUT2D eigenvalue weighted by Gasteiger charge is 2.15. The Balaban J connectivity index is 1.58. The van der Waals surface area contributed by atoms with Crippen LogP contribution in [0, 0.1) is 0 Å². The molecule has 10 nitrogen and oxygen atoms in total. The second-order valence-electron chi connectivity index (χ2n) is 10.2. The van der Waals surface area contributed by atoms with Gasteiger partial charge in [-0.25, -0.2) is 14.1 Å². The van der Waals surface area contributed by atoms with Gasteiger partial charge in [0, 0.05) is 62.0 Å². The third-order valence-electron chi connectivity index (χ3n) is 7.41. The molecule has 0 aliphatic rings. The second kappa shape index (κ2) is 18.4. The van der Waals surface area contributed by atoms with Gasteiger partial charge in [-0.3, -0.25) is 0 Å². The molecule has 0 aliphatic heterocycles. The number of hydrogen-bond acceptors (Lipinski definition) is 6. The van der Waals surface area contributed by atoms with E-state index in [1.54, 1.807) is 0 Å². The molecule has 44 heavy (non-hydrogen) atoms. The molecule has 3 rings (SSSR count). The first kappa shape index (κ1) is 34.2. The van der Waals surface area contributed by atoms with Crippen LogP contribution < -0.4 is 14.4 Å². The number of guanidine groups is 1. The number of benzene rings is 2. The first-order valence-corrected chi connectivity index (χ1v) is 16.1. The lowest BCUT2D eigenvalue weighted by atomic mass is 10.2. The number of aryl methyl sites for hydroxylation is 2. The lowest BCUT2D eigenvalue weighted by Gasteiger charge is -2.27. The summed E-state index contributed by atoms with van der Waals surface area (Å²) < 4.78 is 4.20. The topological polar surface area (TPSA) is 80.3 Å². The van der Waals surface area contributed by atoms with E-state index >= 15 is 0 Å². The molecule has 0 aliphatic carbocycles. The molecule has 0 saturated carbocycles. The standard InChI is InChI=1S/C34H51N10/c1-8-24-42(12-5)33(35-9-2)38-36-29-16-20-31(21-17-29)40(10-3)25-15-26-41(11-4)32-22-18-30(19-23-32)37-39-34-43(13-6)27-28-44(34)14-7/h8,16-24,27-28H,9-15,25-26H2,1-7H3/q+1/b24-8-,35-33?,38-36?. The number of aliphatic imine (C=N–C) groups is 1. The Morgan fingerprint density at radius 3 is 1.84 bits per heavy atom. The SMILES string of the molecule is C/C=C\N(CC)C(N=Nc1ccc(N(CC)CCCN(CC)c2ccc(N=Nc3n(CC)cc[n+]3CC)cc2)cc1)=NCC. The zero-order chi connectivity index (χ0) is 31.7. The van der Waals surface area contributed by atoms with Crippen molar-refractivity contribution in [2.75, 3.05) is 49.1 Å². The van der Waals surface area contributed by atoms with Crippen molar-refractivity contribution in [1.82, 2.24) is 9.47 Å². The van der Waals surface area contributed by atoms with Crippen LogP contribution in [0.2, 0.25) is 0 Å². The van der Waals surface area contributed by atoms with Crippen molar-refractivity contribution in [2.45, 2.75) is 68.0 Å². The maximum absolute atomic E-state index is 4.54. The molecule has 0 unspecified atom stereocenters. The average Bonchev–Trinajstić information content (AvgIpc) is 3.47. The fraction of sp³-hybridized carbons (Fsp3) is 0.471. The van der Waals surface area contributed by atoms with Gasteiger partial charge < -0.3 is 14.7 Å². The zero-order valence-corrected chi connectivity index (χ0v) is 27.8. The Morgan fingerprint density at radius 1 is 0.773 bits per heavy atom. The van der Waals surface area contributed by atoms with E-state index in [1.165, 1.54) is 11.4 Å². The Hall–Kier alpha value is -4.34. The van der Waals surface area contributed by atoms with Crippen LogP contribution >= 0.6 is 0 Å². The summed E-state index contributed by atoms with van der Waals surface area (Å²) in [7, 11) is 0. The summed E-state index contributed by atoms with van der Waals surface area (Å²) in [6.45, 7) is 21.7. The predicted octanol–water partition coefficient (Wildman–Crippen LogP) is 8.29. The van der Waals surface area contributed by atoms with Crippen LogP contribution in [-0.4, -0.2) is 54.7 Å². The summed E-state index contributed by atoms with van der Waals surface area (Å²) in [5, 5.41) is 17.9. The van der Waals surface area contributed by atoms with Gasteiger partial charge in [0.1, 0.15) is 5.69 Å². The van der Waals surface area contributed by atoms with Crippen molar-refractivity contribution in [3.8, 4) is 0 Å². The number of allylic oxidation sites excluding steroid dienone is 1. The number of anilines is 2. The van der Waals surface area contributed by atoms with Crippen LogP contribution in [0.15, 0.2) is 98.7 Å². The molecular weight excluding hydrogens is 548 g/mol. The molecule has 0 saturated heterocycles. The van der Waals surface area contributed by atoms with E-state index in [2.05, 4.69) is 103 Å². The monoisotopic (exact) mass is 599 g/mol. The van der Waals surface area contributed by atoms with Crippen LogP contribution in [0.5, 0.6) is 0 Å². The van der Waals surface area contributed by atoms with Crippen LogP contribution in [0.4, 0.5) is 28.7 Å². The second-order valence-corrected chi connectivity index (χ2v) is 10.2. The van der Waals surface area contributed by atoms with E-state index in [-0.39, 0.29) is 0 Å². The number of hydrogen-bond donors (Lipinski definition) is 0. The molecule has 0 bridgehead atoms. The molecule has 2 aromatic carbocycles. The zero-order valence-electron chi connectivity index (χ0n) is 27.8. The molecule has 0 fully saturated rings. The predicted molar refractivity (Wildman–Crippen MR) is 183 cm³/mol. The number of aromatic nitrogens is 2. The Labute approximate surface area is 264 Å². The maximum atomic E-state index is 4.54. The summed E-state index contributed by atoms with van der Waals surface area (Å²) in [5.41, 5.74) is 4.06. The third kappa shape index (κ3) is 9.59. The van der Waals surface area contributed by atoms with Crippen LogP contribution in [0.3, 0.4) is 0 Å². The molecule has 3 aromatic rings. The lowest BCUT2D eigenvalue weighted by molar-refractivity contribution is -0.680. The molecule has 0 radical (unpaired) electrons. The van der Waals surface area contributed by atoms with Crippen molar-refractivity contribution in [3.63, 3.8) is 0 Å². The first-order chi connectivity index (χ1) is 21.5. The van der Waals surface area contributed by atoms with Gasteiger partial charge in [0.25, 0.3) is 0 Å². The van der Waals surface area contributed by atoms with Crippen molar-refractivity contribution in [3.05, 3.63) is 73.2 Å². The fourth-order valence-corrected chi connectivity index (χ4v) is 4.94. The maximum Gasteiger partial charge on any atom is 0.421 e. The number of imidazole rings is 1. The molecule has 0 atom stereocenters. The Bertz CT molecular complexity index is 1350. The number of nitrogens with zero attached hydrogens (tertiary/aromatic N) is 10. The fourth-order valence-electron chi connectivity index (χ4n) is 4.94. The number of rotatable bonds is 16. The average molecular weight is 600 g/mol. The smallest absolute Gasteiger partial charge is 0.372 e. The van der Waals surface area contributed by atoms with Gasteiger partial charge in [-0.1, -0.05) is 11.2 Å². The van der Waals surface area contributed by atoms with Crippen molar-refractivity contribution in [2.24, 2.45) is 25.4 Å². The molecular formula is C34H51N10+. The molecule has 0 spiro atoms. The van der Waals surface area contributed by atoms with E-state index in [0.717, 1.165) is 69.6 Å². The van der Waals surface area contributed by atoms with Crippen LogP contribution in [0.1, 0.15) is 54.9 Å². The van der Waals surface area contributed by atoms with E-state index < -0.39 is 0 Å². The van der Waals surface area contributed by atoms with Crippen molar-refractivity contribution < 1.29 is 4.57 Å². The molecule has 1 aromatic heterocycles. The normalized spacial score (nSPS) is 12.2. The van der Waals surface area contributed by atoms with E-state index in [9.17, 15) is 0 Å². The highest BCUT2D eigenvalue weighted by molar-refractivity contribution is 5.81. The minimum Gasteiger partial charge on any atom is -0.372 e. The summed E-state index contributed by atoms with van der Waals surface area (Å²) in [4.78, 5) is 11.3. The van der Waals surface area contributed by atoms with E-state index in [0.29, 0.717) is 12.5 Å². The van der Waals surface area contributed by atoms with Crippen LogP contribution in [0.25, 0.3) is 0 Å². The quantitative estimate of drug-likeness (QED) is 0.0719. The molecule has 1 heterocycles. The Kier molecular flexibility index (Phi) is 14.2. The summed E-state index contributed by atoms with van der Waals surface area (Å²) in [6.07, 6.45) is 9.11.